The van der Waals surface area contributed by atoms with Gasteiger partial charge in [0.05, 0.1) is 0 Å². The summed E-state index contributed by atoms with van der Waals surface area (Å²) in [6.07, 6.45) is 1.28. The molecule has 1 aliphatic heterocycles. The number of para-hydroxylation sites is 1. The second-order valence-electron chi connectivity index (χ2n) is 18.0. The van der Waals surface area contributed by atoms with Crippen molar-refractivity contribution in [1.29, 1.82) is 0 Å². The summed E-state index contributed by atoms with van der Waals surface area (Å²) in [4.78, 5) is 137. The molecule has 0 bridgehead atoms. The van der Waals surface area contributed by atoms with Crippen LogP contribution in [0.15, 0.2) is 64.7 Å². The Labute approximate surface area is 433 Å². The lowest BCUT2D eigenvalue weighted by atomic mass is 10.0. The number of nitrogens with zero attached hydrogens (tertiary/aromatic N) is 3. The van der Waals surface area contributed by atoms with Crippen LogP contribution < -0.4 is 65.9 Å². The minimum Gasteiger partial charge on any atom is -0.370 e. The Bertz CT molecular complexity index is 2550. The first-order valence-electron chi connectivity index (χ1n) is 24.8. The Morgan fingerprint density at radius 3 is 2.08 bits per heavy atom. The summed E-state index contributed by atoms with van der Waals surface area (Å²) >= 11 is 0. The van der Waals surface area contributed by atoms with Gasteiger partial charge >= 0.3 is 6.03 Å². The van der Waals surface area contributed by atoms with Crippen LogP contribution in [0.2, 0.25) is 0 Å². The number of unbranched alkanes of at least 4 members (excludes halogenated alkanes) is 1. The number of benzene rings is 2. The maximum atomic E-state index is 15.4. The van der Waals surface area contributed by atoms with Gasteiger partial charge in [-0.05, 0) is 74.6 Å². The van der Waals surface area contributed by atoms with E-state index in [2.05, 4.69) is 52.2 Å². The van der Waals surface area contributed by atoms with Crippen LogP contribution in [0.5, 0.6) is 0 Å². The molecule has 1 aromatic heterocycles. The van der Waals surface area contributed by atoms with E-state index in [1.54, 1.807) is 31.3 Å². The number of urea groups is 1. The number of carbonyl (C=O) groups excluding carboxylic acids is 9. The van der Waals surface area contributed by atoms with E-state index in [1.165, 1.54) is 25.1 Å². The van der Waals surface area contributed by atoms with E-state index in [1.807, 2.05) is 6.07 Å². The number of hydrogen-bond acceptors (Lipinski definition) is 11. The van der Waals surface area contributed by atoms with E-state index in [4.69, 9.17) is 28.7 Å². The molecule has 0 spiro atoms. The highest BCUT2D eigenvalue weighted by atomic mass is 19.1. The van der Waals surface area contributed by atoms with Crippen LogP contribution in [0, 0.1) is 5.82 Å². The van der Waals surface area contributed by atoms with E-state index in [0.29, 0.717) is 12.0 Å². The van der Waals surface area contributed by atoms with Gasteiger partial charge in [0.2, 0.25) is 41.4 Å². The van der Waals surface area contributed by atoms with Gasteiger partial charge in [-0.2, -0.15) is 0 Å². The molecule has 0 radical (unpaired) electrons. The number of nitrogens with two attached hydrogens (primary N) is 5. The molecule has 26 heteroatoms. The van der Waals surface area contributed by atoms with Gasteiger partial charge < -0.3 is 70.9 Å². The van der Waals surface area contributed by atoms with Gasteiger partial charge in [0.1, 0.15) is 42.1 Å². The summed E-state index contributed by atoms with van der Waals surface area (Å²) in [6.45, 7) is 2.82. The number of imide groups is 1. The van der Waals surface area contributed by atoms with Crippen molar-refractivity contribution in [3.63, 3.8) is 0 Å². The predicted octanol–water partition coefficient (Wildman–Crippen LogP) is -1.47. The van der Waals surface area contributed by atoms with Gasteiger partial charge in [0.15, 0.2) is 11.9 Å². The molecule has 408 valence electrons. The quantitative estimate of drug-likeness (QED) is 0.0371. The summed E-state index contributed by atoms with van der Waals surface area (Å²) < 4.78 is 15.4. The Morgan fingerprint density at radius 1 is 0.773 bits per heavy atom. The fourth-order valence-electron chi connectivity index (χ4n) is 8.19. The molecule has 10 amide bonds. The minimum absolute atomic E-state index is 0.000225. The minimum atomic E-state index is -1.67. The number of halogens is 1. The number of rotatable bonds is 19. The van der Waals surface area contributed by atoms with Gasteiger partial charge in [-0.3, -0.25) is 53.2 Å². The molecule has 2 aromatic carbocycles. The fourth-order valence-corrected chi connectivity index (χ4v) is 8.19. The van der Waals surface area contributed by atoms with Crippen molar-refractivity contribution in [2.75, 3.05) is 26.2 Å². The molecule has 1 saturated heterocycles. The Balaban J connectivity index is 1.81. The van der Waals surface area contributed by atoms with Crippen molar-refractivity contribution in [3.05, 3.63) is 71.7 Å². The second-order valence-corrected chi connectivity index (χ2v) is 18.0. The third kappa shape index (κ3) is 19.6. The molecule has 18 N–H and O–H groups in total. The first-order chi connectivity index (χ1) is 35.8. The SMILES string of the molecule is CCCCN1C(=O)N[C@H](Cc2ccccc2F)C(=O)N[C@@H](CCCN=C(N)N)C(=O)N[C@@H](Cc2c[nH]c3ccccc23)C(=O)N[C@H](C(N)=O)CCC(=O)NCCC[C@H](NC(=O)[C@H](CCCN=C(N)N)NC(C)=O)C1=O. The monoisotopic (exact) mass is 1050 g/mol. The number of aliphatic imine (C=N–C) groups is 2. The molecule has 0 saturated carbocycles. The normalized spacial score (nSPS) is 20.1. The lowest BCUT2D eigenvalue weighted by Crippen LogP contribution is -2.61. The number of primary amides is 1. The molecule has 1 fully saturated rings. The molecular formula is C49H71FN16O9. The lowest BCUT2D eigenvalue weighted by molar-refractivity contribution is -0.136. The zero-order chi connectivity index (χ0) is 55.0. The van der Waals surface area contributed by atoms with E-state index in [-0.39, 0.29) is 108 Å². The lowest BCUT2D eigenvalue weighted by Gasteiger charge is -2.30. The van der Waals surface area contributed by atoms with Crippen LogP contribution in [-0.2, 0) is 51.2 Å². The van der Waals surface area contributed by atoms with E-state index in [0.717, 1.165) is 21.9 Å². The molecule has 0 unspecified atom stereocenters. The molecular weight excluding hydrogens is 976 g/mol. The second kappa shape index (κ2) is 30.0. The van der Waals surface area contributed by atoms with Crippen LogP contribution >= 0.6 is 0 Å². The van der Waals surface area contributed by atoms with Gasteiger partial charge in [-0.15, -0.1) is 0 Å². The first kappa shape index (κ1) is 59.2. The molecule has 25 nitrogen and oxygen atoms in total. The van der Waals surface area contributed by atoms with E-state index >= 15 is 4.39 Å². The van der Waals surface area contributed by atoms with Crippen LogP contribution in [0.1, 0.15) is 89.2 Å². The third-order valence-corrected chi connectivity index (χ3v) is 12.1. The van der Waals surface area contributed by atoms with Gasteiger partial charge in [-0.1, -0.05) is 49.7 Å². The molecule has 75 heavy (non-hydrogen) atoms. The van der Waals surface area contributed by atoms with Crippen LogP contribution in [0.25, 0.3) is 10.9 Å². The fraction of sp³-hybridized carbons (Fsp3) is 0.490. The number of hydrogen-bond donors (Lipinski definition) is 13. The first-order valence-corrected chi connectivity index (χ1v) is 24.8. The smallest absolute Gasteiger partial charge is 0.324 e. The number of guanidine groups is 2. The molecule has 0 aliphatic carbocycles. The number of aromatic amines is 1. The van der Waals surface area contributed by atoms with Crippen molar-refractivity contribution in [2.45, 2.75) is 127 Å². The van der Waals surface area contributed by atoms with Gasteiger partial charge in [0.25, 0.3) is 5.91 Å². The van der Waals surface area contributed by atoms with Crippen LogP contribution in [-0.4, -0.2) is 138 Å². The van der Waals surface area contributed by atoms with Crippen molar-refractivity contribution in [3.8, 4) is 0 Å². The average molecular weight is 1050 g/mol. The largest absolute Gasteiger partial charge is 0.370 e. The van der Waals surface area contributed by atoms with Crippen LogP contribution in [0.3, 0.4) is 0 Å². The molecule has 2 heterocycles. The summed E-state index contributed by atoms with van der Waals surface area (Å²) in [5.74, 6) is -7.72. The molecule has 1 aliphatic rings. The van der Waals surface area contributed by atoms with E-state index in [9.17, 15) is 43.2 Å². The highest BCUT2D eigenvalue weighted by Gasteiger charge is 2.36. The summed E-state index contributed by atoms with van der Waals surface area (Å²) in [5.41, 5.74) is 29.0. The number of carbonyl (C=O) groups is 9. The average Bonchev–Trinajstić information content (AvgIpc) is 3.77. The number of amides is 10. The van der Waals surface area contributed by atoms with Gasteiger partial charge in [0, 0.05) is 69.5 Å². The maximum Gasteiger partial charge on any atom is 0.324 e. The molecule has 6 atom stereocenters. The topological polar surface area (TPSA) is 412 Å². The third-order valence-electron chi connectivity index (χ3n) is 12.1. The summed E-state index contributed by atoms with van der Waals surface area (Å²) in [6, 6.07) is 2.94. The van der Waals surface area contributed by atoms with Gasteiger partial charge in [-0.25, -0.2) is 9.18 Å². The Morgan fingerprint density at radius 2 is 1.40 bits per heavy atom. The maximum absolute atomic E-state index is 15.4. The van der Waals surface area contributed by atoms with Crippen molar-refractivity contribution in [1.82, 2.24) is 47.1 Å². The predicted molar refractivity (Wildman–Crippen MR) is 277 cm³/mol. The Kier molecular flexibility index (Phi) is 23.7. The Hall–Kier alpha value is -8.32. The number of fused-ring (bicyclic) bond motifs is 1. The van der Waals surface area contributed by atoms with Crippen molar-refractivity contribution < 1.29 is 47.5 Å². The van der Waals surface area contributed by atoms with Crippen molar-refractivity contribution in [2.24, 2.45) is 38.7 Å². The van der Waals surface area contributed by atoms with E-state index < -0.39 is 102 Å². The zero-order valence-corrected chi connectivity index (χ0v) is 42.3. The molecule has 3 aromatic rings. The highest BCUT2D eigenvalue weighted by molar-refractivity contribution is 6.01. The zero-order valence-electron chi connectivity index (χ0n) is 42.3. The molecule has 4 rings (SSSR count). The van der Waals surface area contributed by atoms with Crippen molar-refractivity contribution >= 4 is 76.1 Å². The van der Waals surface area contributed by atoms with Crippen LogP contribution in [0.4, 0.5) is 9.18 Å². The number of nitrogens with one attached hydrogen (secondary N) is 8. The standard InChI is InChI=1S/C49H71FN16O9/c1-3-4-24-66-46(74)37(63-42(70)35(60-28(2)67)16-9-22-57-47(52)53)18-11-21-56-40(68)20-19-34(41(51)69)61-44(72)38(26-30-27-59-33-15-8-6-13-31(30)33)64-43(71)36(17-10-23-58-48(54)55)62-45(73)39(65-49(66)75)25-29-12-5-7-14-32(29)50/h5-8,12-15,27,34-39,59H,3-4,9-11,16-26H2,1-2H3,(H2,51,69)(H,56,68)(H,60,67)(H,61,72)(H,62,73)(H,63,70)(H,64,71)(H,65,75)(H4,52,53,57)(H4,54,55,58)/t34-,35-,36-,37-,38-,39+/m0/s1. The highest BCUT2D eigenvalue weighted by Crippen LogP contribution is 2.20. The number of H-pyrrole nitrogens is 1. The summed E-state index contributed by atoms with van der Waals surface area (Å²) in [7, 11) is 0. The summed E-state index contributed by atoms with van der Waals surface area (Å²) in [5, 5.41) is 19.1. The number of aromatic nitrogens is 1.